The number of aliphatic hydroxyl groups is 1. The van der Waals surface area contributed by atoms with Crippen LogP contribution in [0.1, 0.15) is 351 Å². The molecule has 0 heterocycles. The van der Waals surface area contributed by atoms with Crippen LogP contribution in [0.15, 0.2) is 0 Å². The molecule has 0 spiro atoms. The van der Waals surface area contributed by atoms with E-state index in [1.807, 2.05) is 0 Å². The van der Waals surface area contributed by atoms with Crippen molar-refractivity contribution in [3.63, 3.8) is 0 Å². The first-order chi connectivity index (χ1) is 43.2. The van der Waals surface area contributed by atoms with Crippen LogP contribution in [0.2, 0.25) is 0 Å². The topological polar surface area (TPSA) is 237 Å². The minimum atomic E-state index is -4.95. The van der Waals surface area contributed by atoms with Crippen molar-refractivity contribution >= 4 is 39.5 Å². The molecule has 534 valence electrons. The van der Waals surface area contributed by atoms with Crippen molar-refractivity contribution in [2.75, 3.05) is 39.6 Å². The first-order valence-electron chi connectivity index (χ1n) is 36.8. The molecule has 0 bridgehead atoms. The Kier molecular flexibility index (Phi) is 59.4. The van der Waals surface area contributed by atoms with Crippen molar-refractivity contribution in [2.45, 2.75) is 369 Å². The fraction of sp³-hybridized carbons (Fsp3) is 0.944. The Morgan fingerprint density at radius 2 is 0.533 bits per heavy atom. The summed E-state index contributed by atoms with van der Waals surface area (Å²) < 4.78 is 68.3. The second kappa shape index (κ2) is 60.7. The fourth-order valence-electron chi connectivity index (χ4n) is 10.6. The molecule has 0 radical (unpaired) electrons. The Bertz CT molecular complexity index is 1790. The van der Waals surface area contributed by atoms with Gasteiger partial charge in [0, 0.05) is 25.7 Å². The average molecular weight is 1330 g/mol. The highest BCUT2D eigenvalue weighted by atomic mass is 31.2. The molecule has 17 nitrogen and oxygen atoms in total. The summed E-state index contributed by atoms with van der Waals surface area (Å²) in [6.07, 6.45) is 43.0. The van der Waals surface area contributed by atoms with Gasteiger partial charge in [-0.3, -0.25) is 37.3 Å². The summed E-state index contributed by atoms with van der Waals surface area (Å²) in [5, 5.41) is 10.6. The number of carbonyl (C=O) groups is 4. The fourth-order valence-corrected chi connectivity index (χ4v) is 12.1. The Hall–Kier alpha value is -1.94. The summed E-state index contributed by atoms with van der Waals surface area (Å²) in [5.41, 5.74) is 0. The van der Waals surface area contributed by atoms with Crippen LogP contribution in [0.3, 0.4) is 0 Å². The number of hydrogen-bond acceptors (Lipinski definition) is 15. The van der Waals surface area contributed by atoms with E-state index in [9.17, 15) is 43.2 Å². The van der Waals surface area contributed by atoms with Gasteiger partial charge in [0.1, 0.15) is 19.3 Å². The van der Waals surface area contributed by atoms with Gasteiger partial charge in [-0.1, -0.05) is 299 Å². The van der Waals surface area contributed by atoms with Crippen molar-refractivity contribution < 1.29 is 80.2 Å². The van der Waals surface area contributed by atoms with Crippen molar-refractivity contribution in [1.29, 1.82) is 0 Å². The van der Waals surface area contributed by atoms with Gasteiger partial charge in [0.05, 0.1) is 26.4 Å². The van der Waals surface area contributed by atoms with E-state index in [1.54, 1.807) is 0 Å². The highest BCUT2D eigenvalue weighted by Gasteiger charge is 2.30. The zero-order valence-electron chi connectivity index (χ0n) is 58.8. The van der Waals surface area contributed by atoms with Crippen molar-refractivity contribution in [1.82, 2.24) is 0 Å². The number of ether oxygens (including phenoxy) is 4. The largest absolute Gasteiger partial charge is 0.472 e. The Labute approximate surface area is 549 Å². The number of esters is 4. The number of carbonyl (C=O) groups excluding carboxylic acids is 4. The van der Waals surface area contributed by atoms with Gasteiger partial charge in [0.15, 0.2) is 12.2 Å². The minimum absolute atomic E-state index is 0.104. The van der Waals surface area contributed by atoms with Crippen LogP contribution in [0, 0.1) is 23.7 Å². The average Bonchev–Trinajstić information content (AvgIpc) is 3.71. The lowest BCUT2D eigenvalue weighted by Gasteiger charge is -2.21. The van der Waals surface area contributed by atoms with E-state index >= 15 is 0 Å². The maximum absolute atomic E-state index is 13.0. The number of rotatable bonds is 68. The van der Waals surface area contributed by atoms with E-state index in [4.69, 9.17) is 37.0 Å². The molecule has 0 aromatic rings. The van der Waals surface area contributed by atoms with E-state index in [-0.39, 0.29) is 25.7 Å². The monoisotopic (exact) mass is 1320 g/mol. The van der Waals surface area contributed by atoms with Crippen molar-refractivity contribution in [3.05, 3.63) is 0 Å². The highest BCUT2D eigenvalue weighted by Crippen LogP contribution is 2.45. The summed E-state index contributed by atoms with van der Waals surface area (Å²) in [4.78, 5) is 72.6. The molecule has 0 rings (SSSR count). The van der Waals surface area contributed by atoms with Crippen molar-refractivity contribution in [2.24, 2.45) is 23.7 Å². The van der Waals surface area contributed by atoms with Crippen LogP contribution in [0.5, 0.6) is 0 Å². The molecule has 0 aliphatic carbocycles. The molecule has 8 atom stereocenters. The van der Waals surface area contributed by atoms with Crippen LogP contribution in [-0.2, 0) is 65.4 Å². The van der Waals surface area contributed by atoms with E-state index in [0.717, 1.165) is 120 Å². The standard InChI is InChI=1S/C71H138O17P2/c1-9-62(6)48-40-32-24-19-21-27-37-45-53-70(75)87-66(57-81-68(73)51-43-35-26-18-16-14-12-13-15-17-23-31-39-47-61(4)5)59-85-89(77,78)83-55-65(72)56-84-90(79,80)86-60-67(58-82-69(74)52-44-36-30-29-34-42-50-64(8)11-3)88-71(76)54-46-38-28-22-20-25-33-41-49-63(7)10-2/h61-67,72H,9-60H2,1-8H3,(H,77,78)(H,79,80)/t62?,63?,64?,65-,66-,67-/m1/s1. The van der Waals surface area contributed by atoms with Crippen LogP contribution >= 0.6 is 15.6 Å². The zero-order chi connectivity index (χ0) is 66.8. The van der Waals surface area contributed by atoms with Crippen LogP contribution in [-0.4, -0.2) is 96.7 Å². The molecule has 19 heteroatoms. The number of hydrogen-bond donors (Lipinski definition) is 3. The summed E-state index contributed by atoms with van der Waals surface area (Å²) >= 11 is 0. The summed E-state index contributed by atoms with van der Waals surface area (Å²) in [6, 6.07) is 0. The number of unbranched alkanes of at least 4 members (excludes halogenated alkanes) is 31. The molecule has 0 aliphatic heterocycles. The summed E-state index contributed by atoms with van der Waals surface area (Å²) in [6.45, 7) is 14.1. The predicted octanol–water partition coefficient (Wildman–Crippen LogP) is 20.1. The van der Waals surface area contributed by atoms with Gasteiger partial charge in [-0.15, -0.1) is 0 Å². The van der Waals surface area contributed by atoms with E-state index < -0.39 is 97.5 Å². The van der Waals surface area contributed by atoms with Gasteiger partial charge in [-0.2, -0.15) is 0 Å². The Morgan fingerprint density at radius 3 is 0.789 bits per heavy atom. The lowest BCUT2D eigenvalue weighted by Crippen LogP contribution is -2.30. The second-order valence-electron chi connectivity index (χ2n) is 26.8. The molecule has 0 amide bonds. The maximum atomic E-state index is 13.0. The quantitative estimate of drug-likeness (QED) is 0.0222. The Morgan fingerprint density at radius 1 is 0.311 bits per heavy atom. The van der Waals surface area contributed by atoms with Crippen LogP contribution in [0.4, 0.5) is 0 Å². The van der Waals surface area contributed by atoms with E-state index in [1.165, 1.54) is 148 Å². The number of phosphoric acid groups is 2. The van der Waals surface area contributed by atoms with E-state index in [0.29, 0.717) is 25.7 Å². The third-order valence-electron chi connectivity index (χ3n) is 17.4. The first kappa shape index (κ1) is 88.1. The third kappa shape index (κ3) is 61.0. The molecular weight excluding hydrogens is 1190 g/mol. The molecule has 0 fully saturated rings. The minimum Gasteiger partial charge on any atom is -0.462 e. The van der Waals surface area contributed by atoms with Gasteiger partial charge in [-0.25, -0.2) is 9.13 Å². The first-order valence-corrected chi connectivity index (χ1v) is 39.8. The van der Waals surface area contributed by atoms with Gasteiger partial charge in [-0.05, 0) is 49.4 Å². The van der Waals surface area contributed by atoms with Gasteiger partial charge in [0.2, 0.25) is 0 Å². The zero-order valence-corrected chi connectivity index (χ0v) is 60.6. The van der Waals surface area contributed by atoms with Crippen LogP contribution < -0.4 is 0 Å². The molecule has 0 aromatic heterocycles. The molecule has 0 aliphatic rings. The number of aliphatic hydroxyl groups excluding tert-OH is 1. The maximum Gasteiger partial charge on any atom is 0.472 e. The molecule has 90 heavy (non-hydrogen) atoms. The highest BCUT2D eigenvalue weighted by molar-refractivity contribution is 7.47. The summed E-state index contributed by atoms with van der Waals surface area (Å²) in [5.74, 6) is 0.930. The second-order valence-corrected chi connectivity index (χ2v) is 29.7. The van der Waals surface area contributed by atoms with Gasteiger partial charge < -0.3 is 33.8 Å². The smallest absolute Gasteiger partial charge is 0.462 e. The lowest BCUT2D eigenvalue weighted by molar-refractivity contribution is -0.161. The summed E-state index contributed by atoms with van der Waals surface area (Å²) in [7, 11) is -9.90. The molecule has 0 saturated carbocycles. The number of phosphoric ester groups is 2. The van der Waals surface area contributed by atoms with Crippen LogP contribution in [0.25, 0.3) is 0 Å². The van der Waals surface area contributed by atoms with Gasteiger partial charge in [0.25, 0.3) is 0 Å². The normalized spacial score (nSPS) is 15.2. The lowest BCUT2D eigenvalue weighted by atomic mass is 9.99. The van der Waals surface area contributed by atoms with Gasteiger partial charge >= 0.3 is 39.5 Å². The van der Waals surface area contributed by atoms with Crippen molar-refractivity contribution in [3.8, 4) is 0 Å². The third-order valence-corrected chi connectivity index (χ3v) is 19.3. The van der Waals surface area contributed by atoms with E-state index in [2.05, 4.69) is 55.4 Å². The molecule has 0 saturated heterocycles. The Balaban J connectivity index is 5.26. The molecule has 0 aromatic carbocycles. The molecule has 5 unspecified atom stereocenters. The predicted molar refractivity (Wildman–Crippen MR) is 363 cm³/mol. The molecule has 3 N–H and O–H groups in total. The SMILES string of the molecule is CCC(C)CCCCCCCCCCC(=O)O[C@H](COC(=O)CCCCCCCCCCCCCCCC(C)C)COP(=O)(O)OC[C@@H](O)COP(=O)(O)OC[C@@H](COC(=O)CCCCCCCCC(C)CC)OC(=O)CCCCCCCCCCC(C)CC. The molecular formula is C71H138O17P2.